The Bertz CT molecular complexity index is 983. The highest BCUT2D eigenvalue weighted by molar-refractivity contribution is 6.03. The number of carbonyl (C=O) groups excluding carboxylic acids is 3. The predicted molar refractivity (Wildman–Crippen MR) is 128 cm³/mol. The van der Waals surface area contributed by atoms with E-state index in [4.69, 9.17) is 10.5 Å². The number of imide groups is 1. The molecule has 2 aromatic rings. The molecule has 1 heterocycles. The Balaban J connectivity index is 1.60. The summed E-state index contributed by atoms with van der Waals surface area (Å²) in [6.07, 6.45) is 4.09. The molecule has 0 radical (unpaired) electrons. The largest absolute Gasteiger partial charge is 0.459 e. The summed E-state index contributed by atoms with van der Waals surface area (Å²) in [5.41, 5.74) is 7.60. The third-order valence-electron chi connectivity index (χ3n) is 6.85. The lowest BCUT2D eigenvalue weighted by Gasteiger charge is -2.32. The Morgan fingerprint density at radius 1 is 1.03 bits per heavy atom. The van der Waals surface area contributed by atoms with Gasteiger partial charge in [-0.05, 0) is 43.2 Å². The standard InChI is InChI=1S/C27H33N3O4/c1-18(28)25(31)30(26(32)23-16-21-13-8-14-22(21)29-23)24(15-19-9-4-2-5-10-19)27(33)34-17-20-11-6-3-7-12-20/h2-7,9-12,18,21-24,29H,8,13-17,28H2,1H3/t18?,21-,22-,23-,24-/m0/s1. The Morgan fingerprint density at radius 3 is 2.29 bits per heavy atom. The summed E-state index contributed by atoms with van der Waals surface area (Å²) in [4.78, 5) is 41.4. The van der Waals surface area contributed by atoms with Crippen LogP contribution in [-0.4, -0.2) is 46.9 Å². The summed E-state index contributed by atoms with van der Waals surface area (Å²) in [5, 5.41) is 3.41. The predicted octanol–water partition coefficient (Wildman–Crippen LogP) is 2.57. The van der Waals surface area contributed by atoms with E-state index in [1.165, 1.54) is 6.92 Å². The number of hydrogen-bond acceptors (Lipinski definition) is 6. The number of nitrogens with one attached hydrogen (secondary N) is 1. The van der Waals surface area contributed by atoms with Gasteiger partial charge in [-0.3, -0.25) is 14.5 Å². The minimum absolute atomic E-state index is 0.0607. The van der Waals surface area contributed by atoms with E-state index in [0.717, 1.165) is 35.3 Å². The van der Waals surface area contributed by atoms with Gasteiger partial charge >= 0.3 is 5.97 Å². The molecule has 2 aliphatic rings. The number of esters is 1. The molecule has 3 N–H and O–H groups in total. The molecular weight excluding hydrogens is 430 g/mol. The van der Waals surface area contributed by atoms with Crippen molar-refractivity contribution >= 4 is 17.8 Å². The fourth-order valence-corrected chi connectivity index (χ4v) is 5.09. The topological polar surface area (TPSA) is 102 Å². The summed E-state index contributed by atoms with van der Waals surface area (Å²) in [5.74, 6) is -1.15. The van der Waals surface area contributed by atoms with Crippen LogP contribution in [-0.2, 0) is 32.1 Å². The maximum absolute atomic E-state index is 13.7. The van der Waals surface area contributed by atoms with Gasteiger partial charge in [0.25, 0.3) is 0 Å². The quantitative estimate of drug-likeness (QED) is 0.584. The van der Waals surface area contributed by atoms with E-state index in [-0.39, 0.29) is 13.0 Å². The Hall–Kier alpha value is -3.03. The van der Waals surface area contributed by atoms with Crippen molar-refractivity contribution in [2.75, 3.05) is 0 Å². The molecule has 0 bridgehead atoms. The minimum Gasteiger partial charge on any atom is -0.459 e. The second kappa shape index (κ2) is 10.9. The van der Waals surface area contributed by atoms with E-state index in [2.05, 4.69) is 5.32 Å². The summed E-state index contributed by atoms with van der Waals surface area (Å²) in [6, 6.07) is 16.4. The van der Waals surface area contributed by atoms with Gasteiger partial charge in [-0.15, -0.1) is 0 Å². The molecule has 2 aromatic carbocycles. The Morgan fingerprint density at radius 2 is 1.68 bits per heavy atom. The van der Waals surface area contributed by atoms with Crippen molar-refractivity contribution < 1.29 is 19.1 Å². The number of nitrogens with two attached hydrogens (primary N) is 1. The summed E-state index contributed by atoms with van der Waals surface area (Å²) >= 11 is 0. The zero-order valence-electron chi connectivity index (χ0n) is 19.6. The smallest absolute Gasteiger partial charge is 0.330 e. The molecule has 2 fully saturated rings. The first-order valence-corrected chi connectivity index (χ1v) is 12.1. The molecule has 4 rings (SSSR count). The number of nitrogens with zero attached hydrogens (tertiary/aromatic N) is 1. The molecule has 0 spiro atoms. The number of amides is 2. The molecule has 34 heavy (non-hydrogen) atoms. The van der Waals surface area contributed by atoms with Crippen molar-refractivity contribution in [1.29, 1.82) is 0 Å². The molecule has 1 unspecified atom stereocenters. The third-order valence-corrected chi connectivity index (χ3v) is 6.85. The average Bonchev–Trinajstić information content (AvgIpc) is 3.46. The van der Waals surface area contributed by atoms with Crippen LogP contribution in [0.25, 0.3) is 0 Å². The fraction of sp³-hybridized carbons (Fsp3) is 0.444. The van der Waals surface area contributed by atoms with E-state index >= 15 is 0 Å². The normalized spacial score (nSPS) is 23.1. The van der Waals surface area contributed by atoms with Crippen LogP contribution in [0.3, 0.4) is 0 Å². The summed E-state index contributed by atoms with van der Waals surface area (Å²) in [6.45, 7) is 1.60. The van der Waals surface area contributed by atoms with Crippen molar-refractivity contribution in [3.05, 3.63) is 71.8 Å². The maximum Gasteiger partial charge on any atom is 0.330 e. The highest BCUT2D eigenvalue weighted by Gasteiger charge is 2.45. The molecule has 1 aliphatic carbocycles. The second-order valence-electron chi connectivity index (χ2n) is 9.39. The van der Waals surface area contributed by atoms with Crippen LogP contribution in [0.15, 0.2) is 60.7 Å². The van der Waals surface area contributed by atoms with E-state index in [1.54, 1.807) is 0 Å². The monoisotopic (exact) mass is 463 g/mol. The van der Waals surface area contributed by atoms with Crippen LogP contribution in [0.2, 0.25) is 0 Å². The van der Waals surface area contributed by atoms with Crippen molar-refractivity contribution in [1.82, 2.24) is 10.2 Å². The fourth-order valence-electron chi connectivity index (χ4n) is 5.09. The lowest BCUT2D eigenvalue weighted by atomic mass is 9.99. The van der Waals surface area contributed by atoms with E-state index in [9.17, 15) is 14.4 Å². The van der Waals surface area contributed by atoms with Gasteiger partial charge in [0.15, 0.2) is 0 Å². The van der Waals surface area contributed by atoms with Crippen LogP contribution >= 0.6 is 0 Å². The van der Waals surface area contributed by atoms with E-state index in [1.807, 2.05) is 60.7 Å². The molecule has 1 saturated carbocycles. The molecular formula is C27H33N3O4. The molecule has 7 nitrogen and oxygen atoms in total. The first-order valence-electron chi connectivity index (χ1n) is 12.1. The van der Waals surface area contributed by atoms with E-state index < -0.39 is 35.9 Å². The second-order valence-corrected chi connectivity index (χ2v) is 9.39. The minimum atomic E-state index is -1.10. The van der Waals surface area contributed by atoms with Gasteiger partial charge in [-0.2, -0.15) is 0 Å². The molecule has 5 atom stereocenters. The number of benzene rings is 2. The van der Waals surface area contributed by atoms with Crippen LogP contribution in [0.4, 0.5) is 0 Å². The zero-order valence-corrected chi connectivity index (χ0v) is 19.6. The lowest BCUT2D eigenvalue weighted by molar-refractivity contribution is -0.163. The molecule has 0 aromatic heterocycles. The van der Waals surface area contributed by atoms with Crippen molar-refractivity contribution in [3.63, 3.8) is 0 Å². The first kappa shape index (κ1) is 24.1. The molecule has 180 valence electrons. The van der Waals surface area contributed by atoms with Crippen molar-refractivity contribution in [3.8, 4) is 0 Å². The lowest BCUT2D eigenvalue weighted by Crippen LogP contribution is -2.58. The average molecular weight is 464 g/mol. The SMILES string of the molecule is CC(N)C(=O)N(C(=O)[C@@H]1C[C@@H]2CCC[C@@H]2N1)[C@@H](Cc1ccccc1)C(=O)OCc1ccccc1. The molecule has 7 heteroatoms. The number of fused-ring (bicyclic) bond motifs is 1. The Labute approximate surface area is 200 Å². The first-order chi connectivity index (χ1) is 16.4. The van der Waals surface area contributed by atoms with Gasteiger partial charge in [0.05, 0.1) is 12.1 Å². The molecule has 1 aliphatic heterocycles. The van der Waals surface area contributed by atoms with E-state index in [0.29, 0.717) is 18.4 Å². The van der Waals surface area contributed by atoms with Gasteiger partial charge in [0.2, 0.25) is 11.8 Å². The highest BCUT2D eigenvalue weighted by atomic mass is 16.5. The third kappa shape index (κ3) is 5.54. The number of carbonyl (C=O) groups is 3. The van der Waals surface area contributed by atoms with Crippen LogP contribution in [0, 0.1) is 5.92 Å². The van der Waals surface area contributed by atoms with Crippen LogP contribution in [0.5, 0.6) is 0 Å². The van der Waals surface area contributed by atoms with Gasteiger partial charge in [-0.25, -0.2) is 4.79 Å². The van der Waals surface area contributed by atoms with Gasteiger partial charge < -0.3 is 15.8 Å². The van der Waals surface area contributed by atoms with Crippen LogP contribution in [0.1, 0.15) is 43.7 Å². The zero-order chi connectivity index (χ0) is 24.1. The number of rotatable bonds is 8. The van der Waals surface area contributed by atoms with Gasteiger partial charge in [0.1, 0.15) is 12.6 Å². The van der Waals surface area contributed by atoms with Crippen molar-refractivity contribution in [2.24, 2.45) is 11.7 Å². The van der Waals surface area contributed by atoms with Gasteiger partial charge in [-0.1, -0.05) is 67.1 Å². The van der Waals surface area contributed by atoms with Crippen molar-refractivity contribution in [2.45, 2.75) is 69.8 Å². The number of hydrogen-bond donors (Lipinski definition) is 2. The molecule has 2 amide bonds. The van der Waals surface area contributed by atoms with Crippen LogP contribution < -0.4 is 11.1 Å². The highest BCUT2D eigenvalue weighted by Crippen LogP contribution is 2.35. The summed E-state index contributed by atoms with van der Waals surface area (Å²) < 4.78 is 5.61. The Kier molecular flexibility index (Phi) is 7.75. The molecule has 1 saturated heterocycles. The summed E-state index contributed by atoms with van der Waals surface area (Å²) in [7, 11) is 0. The number of ether oxygens (including phenoxy) is 1. The van der Waals surface area contributed by atoms with Gasteiger partial charge in [0, 0.05) is 12.5 Å². The maximum atomic E-state index is 13.7.